The number of aliphatic hydroxyl groups excluding tert-OH is 1. The number of likely N-dealkylation sites (N-methyl/N-ethyl adjacent to an activating group) is 1. The van der Waals surface area contributed by atoms with Gasteiger partial charge in [0.2, 0.25) is 0 Å². The maximum atomic E-state index is 13.8. The Balaban J connectivity index is 2.39. The van der Waals surface area contributed by atoms with E-state index < -0.39 is 6.10 Å². The molecule has 1 saturated heterocycles. The Labute approximate surface area is 121 Å². The van der Waals surface area contributed by atoms with Gasteiger partial charge >= 0.3 is 0 Å². The molecule has 0 aromatic heterocycles. The highest BCUT2D eigenvalue weighted by Crippen LogP contribution is 2.31. The third-order valence-electron chi connectivity index (χ3n) is 4.46. The van der Waals surface area contributed by atoms with E-state index >= 15 is 0 Å². The van der Waals surface area contributed by atoms with E-state index in [1.807, 2.05) is 6.07 Å². The minimum absolute atomic E-state index is 0.250. The van der Waals surface area contributed by atoms with Gasteiger partial charge in [0.05, 0.1) is 6.10 Å². The van der Waals surface area contributed by atoms with Crippen LogP contribution in [0, 0.1) is 12.7 Å². The van der Waals surface area contributed by atoms with E-state index in [0.717, 1.165) is 18.8 Å². The van der Waals surface area contributed by atoms with Crippen molar-refractivity contribution in [3.8, 4) is 0 Å². The van der Waals surface area contributed by atoms with Crippen molar-refractivity contribution < 1.29 is 9.50 Å². The molecule has 1 aliphatic heterocycles. The largest absolute Gasteiger partial charge is 0.389 e. The van der Waals surface area contributed by atoms with Crippen molar-refractivity contribution in [3.05, 3.63) is 29.1 Å². The predicted octanol–water partition coefficient (Wildman–Crippen LogP) is 2.72. The third kappa shape index (κ3) is 2.81. The van der Waals surface area contributed by atoms with Crippen LogP contribution in [0.5, 0.6) is 0 Å². The summed E-state index contributed by atoms with van der Waals surface area (Å²) < 4.78 is 13.8. The van der Waals surface area contributed by atoms with Gasteiger partial charge in [0.25, 0.3) is 0 Å². The van der Waals surface area contributed by atoms with E-state index in [9.17, 15) is 9.50 Å². The maximum absolute atomic E-state index is 13.8. The van der Waals surface area contributed by atoms with Crippen LogP contribution < -0.4 is 4.90 Å². The molecule has 0 amide bonds. The number of aliphatic hydroxyl groups is 1. The Morgan fingerprint density at radius 1 is 1.25 bits per heavy atom. The topological polar surface area (TPSA) is 26.7 Å². The van der Waals surface area contributed by atoms with Gasteiger partial charge in [-0.05, 0) is 52.4 Å². The smallest absolute Gasteiger partial charge is 0.126 e. The molecular formula is C16H25FN2O. The summed E-state index contributed by atoms with van der Waals surface area (Å²) in [6, 6.07) is 4.21. The Morgan fingerprint density at radius 2 is 1.80 bits per heavy atom. The molecular weight excluding hydrogens is 255 g/mol. The van der Waals surface area contributed by atoms with Crippen LogP contribution in [-0.2, 0) is 0 Å². The maximum Gasteiger partial charge on any atom is 0.126 e. The second-order valence-electron chi connectivity index (χ2n) is 6.10. The van der Waals surface area contributed by atoms with Crippen molar-refractivity contribution >= 4 is 5.69 Å². The van der Waals surface area contributed by atoms with Crippen LogP contribution in [-0.4, -0.2) is 42.2 Å². The van der Waals surface area contributed by atoms with E-state index in [-0.39, 0.29) is 5.82 Å². The van der Waals surface area contributed by atoms with Gasteiger partial charge in [0.15, 0.2) is 0 Å². The first-order chi connectivity index (χ1) is 9.31. The lowest BCUT2D eigenvalue weighted by atomic mass is 10.0. The average Bonchev–Trinajstić information content (AvgIpc) is 2.37. The van der Waals surface area contributed by atoms with Crippen molar-refractivity contribution in [2.45, 2.75) is 45.9 Å². The minimum atomic E-state index is -0.662. The van der Waals surface area contributed by atoms with E-state index in [4.69, 9.17) is 0 Å². The number of piperazine rings is 1. The summed E-state index contributed by atoms with van der Waals surface area (Å²) in [6.45, 7) is 9.64. The van der Waals surface area contributed by atoms with Gasteiger partial charge in [0.1, 0.15) is 5.82 Å². The summed E-state index contributed by atoms with van der Waals surface area (Å²) in [5.41, 5.74) is 2.27. The molecule has 112 valence electrons. The van der Waals surface area contributed by atoms with Gasteiger partial charge in [-0.25, -0.2) is 4.39 Å². The Kier molecular flexibility index (Phi) is 4.35. The predicted molar refractivity (Wildman–Crippen MR) is 80.7 cm³/mol. The zero-order chi connectivity index (χ0) is 15.0. The van der Waals surface area contributed by atoms with E-state index in [1.54, 1.807) is 13.8 Å². The SMILES string of the molecule is Cc1cc(N2CC(C)N(C)C(C)C2)c([C@@H](C)O)cc1F. The van der Waals surface area contributed by atoms with Crippen LogP contribution in [0.25, 0.3) is 0 Å². The number of aryl methyl sites for hydroxylation is 1. The molecule has 1 N–H and O–H groups in total. The summed E-state index contributed by atoms with van der Waals surface area (Å²) >= 11 is 0. The van der Waals surface area contributed by atoms with Crippen LogP contribution in [0.15, 0.2) is 12.1 Å². The van der Waals surface area contributed by atoms with Crippen LogP contribution in [0.3, 0.4) is 0 Å². The molecule has 1 fully saturated rings. The molecule has 1 aromatic rings. The number of benzene rings is 1. The highest BCUT2D eigenvalue weighted by Gasteiger charge is 2.28. The first-order valence-corrected chi connectivity index (χ1v) is 7.26. The molecule has 3 atom stereocenters. The molecule has 0 saturated carbocycles. The number of anilines is 1. The zero-order valence-corrected chi connectivity index (χ0v) is 13.0. The van der Waals surface area contributed by atoms with E-state index in [1.165, 1.54) is 6.07 Å². The quantitative estimate of drug-likeness (QED) is 0.902. The average molecular weight is 280 g/mol. The molecule has 0 radical (unpaired) electrons. The Bertz CT molecular complexity index is 478. The molecule has 0 spiro atoms. The third-order valence-corrected chi connectivity index (χ3v) is 4.46. The fraction of sp³-hybridized carbons (Fsp3) is 0.625. The van der Waals surface area contributed by atoms with Gasteiger partial charge in [-0.1, -0.05) is 0 Å². The Morgan fingerprint density at radius 3 is 2.30 bits per heavy atom. The highest BCUT2D eigenvalue weighted by molar-refractivity contribution is 5.57. The van der Waals surface area contributed by atoms with Gasteiger partial charge in [-0.15, -0.1) is 0 Å². The monoisotopic (exact) mass is 280 g/mol. The van der Waals surface area contributed by atoms with Gasteiger partial charge in [0, 0.05) is 36.4 Å². The minimum Gasteiger partial charge on any atom is -0.389 e. The fourth-order valence-corrected chi connectivity index (χ4v) is 2.89. The van der Waals surface area contributed by atoms with E-state index in [0.29, 0.717) is 23.2 Å². The normalized spacial score (nSPS) is 25.9. The summed E-state index contributed by atoms with van der Waals surface area (Å²) in [7, 11) is 2.14. The number of halogens is 1. The summed E-state index contributed by atoms with van der Waals surface area (Å²) in [4.78, 5) is 4.62. The number of nitrogens with zero attached hydrogens (tertiary/aromatic N) is 2. The first-order valence-electron chi connectivity index (χ1n) is 7.26. The fourth-order valence-electron chi connectivity index (χ4n) is 2.89. The van der Waals surface area contributed by atoms with Gasteiger partial charge in [-0.3, -0.25) is 4.90 Å². The van der Waals surface area contributed by atoms with Crippen molar-refractivity contribution in [1.29, 1.82) is 0 Å². The zero-order valence-electron chi connectivity index (χ0n) is 13.0. The second-order valence-corrected chi connectivity index (χ2v) is 6.10. The Hall–Kier alpha value is -1.13. The first kappa shape index (κ1) is 15.3. The summed E-state index contributed by atoms with van der Waals surface area (Å²) in [5.74, 6) is -0.250. The van der Waals surface area contributed by atoms with Crippen LogP contribution in [0.1, 0.15) is 38.0 Å². The lowest BCUT2D eigenvalue weighted by Crippen LogP contribution is -2.55. The lowest BCUT2D eigenvalue weighted by molar-refractivity contribution is 0.168. The van der Waals surface area contributed by atoms with Crippen molar-refractivity contribution in [3.63, 3.8) is 0 Å². The van der Waals surface area contributed by atoms with Crippen LogP contribution >= 0.6 is 0 Å². The lowest BCUT2D eigenvalue weighted by Gasteiger charge is -2.44. The van der Waals surface area contributed by atoms with Crippen molar-refractivity contribution in [1.82, 2.24) is 4.90 Å². The molecule has 2 rings (SSSR count). The van der Waals surface area contributed by atoms with E-state index in [2.05, 4.69) is 30.7 Å². The van der Waals surface area contributed by atoms with Gasteiger partial charge < -0.3 is 10.0 Å². The molecule has 20 heavy (non-hydrogen) atoms. The van der Waals surface area contributed by atoms with Gasteiger partial charge in [-0.2, -0.15) is 0 Å². The summed E-state index contributed by atoms with van der Waals surface area (Å²) in [6.07, 6.45) is -0.662. The molecule has 1 aromatic carbocycles. The molecule has 2 unspecified atom stereocenters. The van der Waals surface area contributed by atoms with Crippen molar-refractivity contribution in [2.75, 3.05) is 25.0 Å². The highest BCUT2D eigenvalue weighted by atomic mass is 19.1. The van der Waals surface area contributed by atoms with Crippen LogP contribution in [0.4, 0.5) is 10.1 Å². The molecule has 3 nitrogen and oxygen atoms in total. The number of rotatable bonds is 2. The number of hydrogen-bond acceptors (Lipinski definition) is 3. The second kappa shape index (κ2) is 5.70. The molecule has 1 heterocycles. The number of hydrogen-bond donors (Lipinski definition) is 1. The molecule has 4 heteroatoms. The van der Waals surface area contributed by atoms with Crippen molar-refractivity contribution in [2.24, 2.45) is 0 Å². The molecule has 0 aliphatic carbocycles. The molecule has 1 aliphatic rings. The summed E-state index contributed by atoms with van der Waals surface area (Å²) in [5, 5.41) is 9.93. The molecule has 0 bridgehead atoms. The standard InChI is InChI=1S/C16H25FN2O/c1-10-6-16(14(13(4)20)7-15(10)17)19-8-11(2)18(5)12(3)9-19/h6-7,11-13,20H,8-9H2,1-5H3/t11?,12?,13-/m1/s1. The van der Waals surface area contributed by atoms with Crippen LogP contribution in [0.2, 0.25) is 0 Å².